The second kappa shape index (κ2) is 12.8. The molecule has 2 atom stereocenters. The third-order valence-corrected chi connectivity index (χ3v) is 5.80. The maximum absolute atomic E-state index is 12.1. The van der Waals surface area contributed by atoms with Crippen molar-refractivity contribution in [3.05, 3.63) is 0 Å². The first-order valence-electron chi connectivity index (χ1n) is 9.65. The smallest absolute Gasteiger partial charge is 0.307 e. The van der Waals surface area contributed by atoms with E-state index in [4.69, 9.17) is 4.74 Å². The summed E-state index contributed by atoms with van der Waals surface area (Å²) in [6.45, 7) is 4.46. The van der Waals surface area contributed by atoms with Crippen LogP contribution in [0.1, 0.15) is 52.4 Å². The van der Waals surface area contributed by atoms with Crippen LogP contribution in [0, 0.1) is 5.92 Å². The van der Waals surface area contributed by atoms with Crippen LogP contribution in [-0.2, 0) is 23.9 Å². The average molecular weight is 401 g/mol. The first-order chi connectivity index (χ1) is 12.9. The lowest BCUT2D eigenvalue weighted by molar-refractivity contribution is -0.150. The molecule has 0 bridgehead atoms. The number of amides is 2. The Morgan fingerprint density at radius 2 is 1.85 bits per heavy atom. The summed E-state index contributed by atoms with van der Waals surface area (Å²) in [5.74, 6) is -2.50. The lowest BCUT2D eigenvalue weighted by Gasteiger charge is -2.17. The molecule has 0 radical (unpaired) electrons. The molecule has 154 valence electrons. The van der Waals surface area contributed by atoms with Crippen molar-refractivity contribution >= 4 is 35.3 Å². The SMILES string of the molecule is CCCCC(CC(=O)OCC(=O)C(C)C(=O)NCC(=O)N1CCCC1)SC. The summed E-state index contributed by atoms with van der Waals surface area (Å²) < 4.78 is 5.04. The first kappa shape index (κ1) is 23.5. The van der Waals surface area contributed by atoms with E-state index in [1.807, 2.05) is 6.26 Å². The Morgan fingerprint density at radius 3 is 2.44 bits per heavy atom. The molecule has 2 unspecified atom stereocenters. The van der Waals surface area contributed by atoms with E-state index >= 15 is 0 Å². The molecule has 1 aliphatic heterocycles. The molecular weight excluding hydrogens is 368 g/mol. The van der Waals surface area contributed by atoms with Gasteiger partial charge in [-0.05, 0) is 32.4 Å². The molecule has 1 rings (SSSR count). The predicted octanol–water partition coefficient (Wildman–Crippen LogP) is 1.79. The Bertz CT molecular complexity index is 520. The average Bonchev–Trinajstić information content (AvgIpc) is 3.21. The van der Waals surface area contributed by atoms with E-state index in [9.17, 15) is 19.2 Å². The molecule has 0 aromatic heterocycles. The molecule has 1 aliphatic rings. The van der Waals surface area contributed by atoms with Crippen molar-refractivity contribution in [3.8, 4) is 0 Å². The molecule has 0 aromatic carbocycles. The quantitative estimate of drug-likeness (QED) is 0.397. The summed E-state index contributed by atoms with van der Waals surface area (Å²) in [5, 5.41) is 2.68. The summed E-state index contributed by atoms with van der Waals surface area (Å²) in [7, 11) is 0. The monoisotopic (exact) mass is 400 g/mol. The zero-order valence-corrected chi connectivity index (χ0v) is 17.4. The number of thioether (sulfide) groups is 1. The van der Waals surface area contributed by atoms with E-state index in [-0.39, 0.29) is 24.1 Å². The van der Waals surface area contributed by atoms with Crippen LogP contribution in [0.4, 0.5) is 0 Å². The molecule has 8 heteroatoms. The second-order valence-corrected chi connectivity index (χ2v) is 8.00. The molecule has 0 aromatic rings. The number of hydrogen-bond acceptors (Lipinski definition) is 6. The van der Waals surface area contributed by atoms with E-state index in [1.54, 1.807) is 16.7 Å². The highest BCUT2D eigenvalue weighted by molar-refractivity contribution is 7.99. The maximum Gasteiger partial charge on any atom is 0.307 e. The number of Topliss-reactive ketones (excluding diaryl/α,β-unsaturated/α-hetero) is 1. The highest BCUT2D eigenvalue weighted by Crippen LogP contribution is 2.18. The first-order valence-corrected chi connectivity index (χ1v) is 10.9. The summed E-state index contributed by atoms with van der Waals surface area (Å²) in [6.07, 6.45) is 7.23. The van der Waals surface area contributed by atoms with Crippen LogP contribution in [0.25, 0.3) is 0 Å². The van der Waals surface area contributed by atoms with Crippen molar-refractivity contribution in [2.24, 2.45) is 5.92 Å². The Hall–Kier alpha value is -1.57. The van der Waals surface area contributed by atoms with Crippen LogP contribution >= 0.6 is 11.8 Å². The van der Waals surface area contributed by atoms with Gasteiger partial charge in [-0.3, -0.25) is 19.2 Å². The van der Waals surface area contributed by atoms with Gasteiger partial charge in [-0.15, -0.1) is 0 Å². The highest BCUT2D eigenvalue weighted by atomic mass is 32.2. The van der Waals surface area contributed by atoms with Crippen LogP contribution in [0.15, 0.2) is 0 Å². The van der Waals surface area contributed by atoms with Crippen molar-refractivity contribution in [1.29, 1.82) is 0 Å². The second-order valence-electron chi connectivity index (χ2n) is 6.86. The third kappa shape index (κ3) is 8.77. The zero-order chi connectivity index (χ0) is 20.2. The fourth-order valence-corrected chi connectivity index (χ4v) is 3.50. The molecule has 2 amide bonds. The normalized spacial score (nSPS) is 15.9. The minimum absolute atomic E-state index is 0.108. The van der Waals surface area contributed by atoms with E-state index in [2.05, 4.69) is 12.2 Å². The van der Waals surface area contributed by atoms with Crippen LogP contribution in [0.5, 0.6) is 0 Å². The largest absolute Gasteiger partial charge is 0.458 e. The van der Waals surface area contributed by atoms with Crippen molar-refractivity contribution in [2.45, 2.75) is 57.6 Å². The number of hydrogen-bond donors (Lipinski definition) is 1. The standard InChI is InChI=1S/C19H32N2O5S/c1-4-5-8-15(27-3)11-18(24)26-13-16(22)14(2)19(25)20-12-17(23)21-9-6-7-10-21/h14-15H,4-13H2,1-3H3,(H,20,25). The molecular formula is C19H32N2O5S. The summed E-state index contributed by atoms with van der Waals surface area (Å²) in [4.78, 5) is 49.6. The lowest BCUT2D eigenvalue weighted by Crippen LogP contribution is -2.42. The Kier molecular flexibility index (Phi) is 11.1. The summed E-state index contributed by atoms with van der Waals surface area (Å²) in [6, 6.07) is 0. The minimum Gasteiger partial charge on any atom is -0.458 e. The fraction of sp³-hybridized carbons (Fsp3) is 0.789. The van der Waals surface area contributed by atoms with Gasteiger partial charge >= 0.3 is 5.97 Å². The molecule has 7 nitrogen and oxygen atoms in total. The topological polar surface area (TPSA) is 92.8 Å². The van der Waals surface area contributed by atoms with Gasteiger partial charge in [-0.1, -0.05) is 19.8 Å². The molecule has 27 heavy (non-hydrogen) atoms. The number of ether oxygens (including phenoxy) is 1. The van der Waals surface area contributed by atoms with Crippen molar-refractivity contribution in [3.63, 3.8) is 0 Å². The number of ketones is 1. The van der Waals surface area contributed by atoms with Gasteiger partial charge in [0.15, 0.2) is 12.4 Å². The van der Waals surface area contributed by atoms with Gasteiger partial charge in [0.2, 0.25) is 11.8 Å². The summed E-state index contributed by atoms with van der Waals surface area (Å²) in [5.41, 5.74) is 0. The third-order valence-electron chi connectivity index (χ3n) is 4.73. The Morgan fingerprint density at radius 1 is 1.19 bits per heavy atom. The number of rotatable bonds is 12. The highest BCUT2D eigenvalue weighted by Gasteiger charge is 2.25. The Labute approximate surface area is 165 Å². The van der Waals surface area contributed by atoms with Crippen LogP contribution in [0.3, 0.4) is 0 Å². The maximum atomic E-state index is 12.1. The Balaban J connectivity index is 2.30. The van der Waals surface area contributed by atoms with E-state index in [0.717, 1.165) is 32.1 Å². The number of carbonyl (C=O) groups is 4. The fourth-order valence-electron chi connectivity index (χ4n) is 2.80. The number of nitrogens with one attached hydrogen (secondary N) is 1. The van der Waals surface area contributed by atoms with Gasteiger partial charge in [0, 0.05) is 18.3 Å². The van der Waals surface area contributed by atoms with E-state index in [1.165, 1.54) is 6.92 Å². The van der Waals surface area contributed by atoms with E-state index < -0.39 is 30.2 Å². The number of nitrogens with zero attached hydrogens (tertiary/aromatic N) is 1. The van der Waals surface area contributed by atoms with E-state index in [0.29, 0.717) is 13.1 Å². The molecule has 0 aliphatic carbocycles. The van der Waals surface area contributed by atoms with Crippen molar-refractivity contribution < 1.29 is 23.9 Å². The molecule has 0 spiro atoms. The van der Waals surface area contributed by atoms with Gasteiger partial charge in [0.05, 0.1) is 18.9 Å². The molecule has 1 N–H and O–H groups in total. The molecule has 1 heterocycles. The summed E-state index contributed by atoms with van der Waals surface area (Å²) >= 11 is 1.62. The van der Waals surface area contributed by atoms with Gasteiger partial charge in [-0.25, -0.2) is 0 Å². The number of unbranched alkanes of at least 4 members (excludes halogenated alkanes) is 1. The van der Waals surface area contributed by atoms with Gasteiger partial charge < -0.3 is 15.0 Å². The van der Waals surface area contributed by atoms with Gasteiger partial charge in [0.25, 0.3) is 0 Å². The number of esters is 1. The molecule has 0 saturated carbocycles. The molecule has 1 saturated heterocycles. The zero-order valence-electron chi connectivity index (χ0n) is 16.6. The van der Waals surface area contributed by atoms with Crippen LogP contribution < -0.4 is 5.32 Å². The van der Waals surface area contributed by atoms with Gasteiger partial charge in [0.1, 0.15) is 0 Å². The number of carbonyl (C=O) groups excluding carboxylic acids is 4. The van der Waals surface area contributed by atoms with Crippen molar-refractivity contribution in [2.75, 3.05) is 32.5 Å². The molecule has 1 fully saturated rings. The lowest BCUT2D eigenvalue weighted by atomic mass is 10.1. The van der Waals surface area contributed by atoms with Crippen LogP contribution in [0.2, 0.25) is 0 Å². The van der Waals surface area contributed by atoms with Gasteiger partial charge in [-0.2, -0.15) is 11.8 Å². The number of likely N-dealkylation sites (tertiary alicyclic amines) is 1. The van der Waals surface area contributed by atoms with Crippen LogP contribution in [-0.4, -0.2) is 66.2 Å². The predicted molar refractivity (Wildman–Crippen MR) is 105 cm³/mol. The minimum atomic E-state index is -0.958. The van der Waals surface area contributed by atoms with Crippen molar-refractivity contribution in [1.82, 2.24) is 10.2 Å².